The van der Waals surface area contributed by atoms with E-state index in [0.29, 0.717) is 11.7 Å². The lowest BCUT2D eigenvalue weighted by atomic mass is 10.6. The normalized spacial score (nSPS) is 10.4. The van der Waals surface area contributed by atoms with Gasteiger partial charge < -0.3 is 10.3 Å². The number of aryl methyl sites for hydroxylation is 1. The molecule has 0 fully saturated rings. The molecule has 74 valence electrons. The number of aromatic nitrogens is 3. The summed E-state index contributed by atoms with van der Waals surface area (Å²) < 4.78 is 0. The predicted molar refractivity (Wildman–Crippen MR) is 57.8 cm³/mol. The van der Waals surface area contributed by atoms with E-state index in [2.05, 4.69) is 20.3 Å². The zero-order chi connectivity index (χ0) is 9.97. The van der Waals surface area contributed by atoms with Gasteiger partial charge >= 0.3 is 0 Å². The number of nitrogens with zero attached hydrogens (tertiary/aromatic N) is 2. The zero-order valence-corrected chi connectivity index (χ0v) is 9.11. The molecule has 14 heavy (non-hydrogen) atoms. The van der Waals surface area contributed by atoms with Gasteiger partial charge in [-0.05, 0) is 6.92 Å². The van der Waals surface area contributed by atoms with Crippen LogP contribution >= 0.6 is 22.9 Å². The molecule has 0 atom stereocenters. The van der Waals surface area contributed by atoms with Gasteiger partial charge in [-0.25, -0.2) is 9.97 Å². The quantitative estimate of drug-likeness (QED) is 0.849. The molecule has 0 aliphatic rings. The lowest BCUT2D eigenvalue weighted by molar-refractivity contribution is 0.988. The van der Waals surface area contributed by atoms with Crippen LogP contribution in [0.25, 0.3) is 0 Å². The summed E-state index contributed by atoms with van der Waals surface area (Å²) in [6, 6.07) is 0. The van der Waals surface area contributed by atoms with Crippen molar-refractivity contribution in [3.8, 4) is 0 Å². The molecule has 4 nitrogen and oxygen atoms in total. The van der Waals surface area contributed by atoms with Crippen molar-refractivity contribution < 1.29 is 0 Å². The van der Waals surface area contributed by atoms with Crippen LogP contribution < -0.4 is 5.32 Å². The standard InChI is InChI=1S/C8H9ClN4S/c1-5-2-10-7(12-5)3-11-8-13-6(9)4-14-8/h2,4H,3H2,1H3,(H,10,12)(H,11,13). The van der Waals surface area contributed by atoms with Crippen LogP contribution in [0.3, 0.4) is 0 Å². The largest absolute Gasteiger partial charge is 0.354 e. The molecule has 0 bridgehead atoms. The molecular weight excluding hydrogens is 220 g/mol. The van der Waals surface area contributed by atoms with Crippen molar-refractivity contribution in [3.05, 3.63) is 28.2 Å². The molecule has 0 aliphatic heterocycles. The average Bonchev–Trinajstić information content (AvgIpc) is 2.72. The van der Waals surface area contributed by atoms with E-state index in [4.69, 9.17) is 11.6 Å². The predicted octanol–water partition coefficient (Wildman–Crippen LogP) is 2.44. The van der Waals surface area contributed by atoms with Gasteiger partial charge in [-0.15, -0.1) is 11.3 Å². The fraction of sp³-hybridized carbons (Fsp3) is 0.250. The summed E-state index contributed by atoms with van der Waals surface area (Å²) in [5.41, 5.74) is 1.05. The van der Waals surface area contributed by atoms with Gasteiger partial charge in [-0.1, -0.05) is 11.6 Å². The maximum atomic E-state index is 5.68. The van der Waals surface area contributed by atoms with Crippen LogP contribution in [0.15, 0.2) is 11.6 Å². The first-order chi connectivity index (χ1) is 6.74. The molecule has 0 saturated heterocycles. The molecule has 2 heterocycles. The van der Waals surface area contributed by atoms with E-state index in [1.807, 2.05) is 6.92 Å². The number of halogens is 1. The second-order valence-electron chi connectivity index (χ2n) is 2.84. The van der Waals surface area contributed by atoms with Gasteiger partial charge in [0, 0.05) is 17.3 Å². The molecule has 2 N–H and O–H groups in total. The van der Waals surface area contributed by atoms with Gasteiger partial charge in [0.25, 0.3) is 0 Å². The number of aromatic amines is 1. The third-order valence-corrected chi connectivity index (χ3v) is 2.76. The second kappa shape index (κ2) is 3.98. The van der Waals surface area contributed by atoms with Gasteiger partial charge in [0.1, 0.15) is 11.0 Å². The Balaban J connectivity index is 1.94. The van der Waals surface area contributed by atoms with Crippen LogP contribution in [-0.2, 0) is 6.54 Å². The molecule has 0 radical (unpaired) electrons. The first-order valence-electron chi connectivity index (χ1n) is 4.09. The third kappa shape index (κ3) is 2.24. The highest BCUT2D eigenvalue weighted by molar-refractivity contribution is 7.14. The summed E-state index contributed by atoms with van der Waals surface area (Å²) in [6.45, 7) is 2.61. The van der Waals surface area contributed by atoms with E-state index in [-0.39, 0.29) is 0 Å². The Labute approximate surface area is 90.4 Å². The highest BCUT2D eigenvalue weighted by Gasteiger charge is 2.00. The summed E-state index contributed by atoms with van der Waals surface area (Å²) >= 11 is 7.16. The van der Waals surface area contributed by atoms with Crippen LogP contribution in [0, 0.1) is 6.92 Å². The summed E-state index contributed by atoms with van der Waals surface area (Å²) in [6.07, 6.45) is 1.80. The minimum atomic E-state index is 0.521. The zero-order valence-electron chi connectivity index (χ0n) is 7.54. The molecule has 2 aromatic heterocycles. The van der Waals surface area contributed by atoms with Crippen molar-refractivity contribution in [2.75, 3.05) is 5.32 Å². The number of nitrogens with one attached hydrogen (secondary N) is 2. The fourth-order valence-electron chi connectivity index (χ4n) is 1.05. The molecule has 0 spiro atoms. The number of rotatable bonds is 3. The summed E-state index contributed by atoms with van der Waals surface area (Å²) in [5.74, 6) is 0.897. The SMILES string of the molecule is Cc1cnc(CNc2nc(Cl)cs2)[nH]1. The lowest BCUT2D eigenvalue weighted by Gasteiger charge is -1.97. The van der Waals surface area contributed by atoms with E-state index in [1.165, 1.54) is 11.3 Å². The Morgan fingerprint density at radius 1 is 1.64 bits per heavy atom. The van der Waals surface area contributed by atoms with E-state index in [1.54, 1.807) is 11.6 Å². The Bertz CT molecular complexity index is 382. The Morgan fingerprint density at radius 3 is 3.07 bits per heavy atom. The van der Waals surface area contributed by atoms with E-state index in [9.17, 15) is 0 Å². The number of imidazole rings is 1. The first kappa shape index (κ1) is 9.48. The Morgan fingerprint density at radius 2 is 2.50 bits per heavy atom. The molecule has 2 aromatic rings. The summed E-state index contributed by atoms with van der Waals surface area (Å²) in [4.78, 5) is 11.4. The van der Waals surface area contributed by atoms with Crippen LogP contribution in [0.2, 0.25) is 5.15 Å². The molecule has 6 heteroatoms. The van der Waals surface area contributed by atoms with Crippen LogP contribution in [0.1, 0.15) is 11.5 Å². The maximum absolute atomic E-state index is 5.68. The van der Waals surface area contributed by atoms with E-state index < -0.39 is 0 Å². The van der Waals surface area contributed by atoms with Crippen molar-refractivity contribution >= 4 is 28.1 Å². The molecule has 0 saturated carbocycles. The Hall–Kier alpha value is -1.07. The molecule has 2 rings (SSSR count). The summed E-state index contributed by atoms with van der Waals surface area (Å²) in [5, 5.41) is 6.24. The van der Waals surface area contributed by atoms with Crippen molar-refractivity contribution in [1.82, 2.24) is 15.0 Å². The molecular formula is C8H9ClN4S. The minimum absolute atomic E-state index is 0.521. The Kier molecular flexibility index (Phi) is 2.69. The van der Waals surface area contributed by atoms with Gasteiger partial charge in [0.2, 0.25) is 0 Å². The number of hydrogen-bond donors (Lipinski definition) is 2. The lowest BCUT2D eigenvalue weighted by Crippen LogP contribution is -2.00. The third-order valence-electron chi connectivity index (χ3n) is 1.64. The van der Waals surface area contributed by atoms with Gasteiger partial charge in [-0.3, -0.25) is 0 Å². The topological polar surface area (TPSA) is 53.6 Å². The smallest absolute Gasteiger partial charge is 0.184 e. The average molecular weight is 229 g/mol. The fourth-order valence-corrected chi connectivity index (χ4v) is 1.89. The maximum Gasteiger partial charge on any atom is 0.184 e. The van der Waals surface area contributed by atoms with Crippen molar-refractivity contribution in [2.45, 2.75) is 13.5 Å². The van der Waals surface area contributed by atoms with Crippen molar-refractivity contribution in [1.29, 1.82) is 0 Å². The molecule has 0 aliphatic carbocycles. The van der Waals surface area contributed by atoms with E-state index in [0.717, 1.165) is 16.6 Å². The van der Waals surface area contributed by atoms with Crippen molar-refractivity contribution in [3.63, 3.8) is 0 Å². The van der Waals surface area contributed by atoms with Crippen LogP contribution in [-0.4, -0.2) is 15.0 Å². The highest BCUT2D eigenvalue weighted by atomic mass is 35.5. The second-order valence-corrected chi connectivity index (χ2v) is 4.09. The number of H-pyrrole nitrogens is 1. The molecule has 0 unspecified atom stereocenters. The molecule has 0 amide bonds. The number of hydrogen-bond acceptors (Lipinski definition) is 4. The van der Waals surface area contributed by atoms with Crippen LogP contribution in [0.4, 0.5) is 5.13 Å². The van der Waals surface area contributed by atoms with Gasteiger partial charge in [-0.2, -0.15) is 0 Å². The van der Waals surface area contributed by atoms with Crippen LogP contribution in [0.5, 0.6) is 0 Å². The van der Waals surface area contributed by atoms with Crippen molar-refractivity contribution in [2.24, 2.45) is 0 Å². The molecule has 0 aromatic carbocycles. The first-order valence-corrected chi connectivity index (χ1v) is 5.35. The monoisotopic (exact) mass is 228 g/mol. The van der Waals surface area contributed by atoms with Gasteiger partial charge in [0.15, 0.2) is 5.13 Å². The van der Waals surface area contributed by atoms with Gasteiger partial charge in [0.05, 0.1) is 6.54 Å². The van der Waals surface area contributed by atoms with E-state index >= 15 is 0 Å². The minimum Gasteiger partial charge on any atom is -0.354 e. The number of thiazole rings is 1. The number of anilines is 1. The summed E-state index contributed by atoms with van der Waals surface area (Å²) in [7, 11) is 0. The highest BCUT2D eigenvalue weighted by Crippen LogP contribution is 2.18.